The molecule has 3 rings (SSSR count). The van der Waals surface area contributed by atoms with Gasteiger partial charge in [-0.25, -0.2) is 4.98 Å². The molecule has 0 saturated carbocycles. The molecule has 2 aliphatic heterocycles. The summed E-state index contributed by atoms with van der Waals surface area (Å²) in [5, 5.41) is 3.22. The Morgan fingerprint density at radius 1 is 1.33 bits per heavy atom. The van der Waals surface area contributed by atoms with Gasteiger partial charge in [-0.2, -0.15) is 4.98 Å². The second-order valence-corrected chi connectivity index (χ2v) is 5.26. The highest BCUT2D eigenvalue weighted by molar-refractivity contribution is 5.41. The van der Waals surface area contributed by atoms with Crippen LogP contribution in [0, 0.1) is 0 Å². The Morgan fingerprint density at radius 2 is 2.10 bits per heavy atom. The number of hydrogen-bond donors (Lipinski definition) is 1. The van der Waals surface area contributed by atoms with E-state index in [1.165, 1.54) is 0 Å². The molecule has 0 aromatic carbocycles. The van der Waals surface area contributed by atoms with Crippen LogP contribution in [0.1, 0.15) is 12.8 Å². The summed E-state index contributed by atoms with van der Waals surface area (Å²) >= 11 is 0. The van der Waals surface area contributed by atoms with Gasteiger partial charge in [0.25, 0.3) is 0 Å². The van der Waals surface area contributed by atoms with E-state index in [2.05, 4.69) is 20.2 Å². The number of piperidine rings is 1. The third kappa shape index (κ3) is 3.42. The van der Waals surface area contributed by atoms with Gasteiger partial charge in [0.15, 0.2) is 5.79 Å². The van der Waals surface area contributed by atoms with Gasteiger partial charge in [-0.05, 0) is 6.07 Å². The lowest BCUT2D eigenvalue weighted by Crippen LogP contribution is -2.45. The summed E-state index contributed by atoms with van der Waals surface area (Å²) in [6, 6.07) is 1.87. The van der Waals surface area contributed by atoms with E-state index in [9.17, 15) is 0 Å². The van der Waals surface area contributed by atoms with E-state index in [1.807, 2.05) is 6.07 Å². The van der Waals surface area contributed by atoms with Gasteiger partial charge in [-0.15, -0.1) is 0 Å². The van der Waals surface area contributed by atoms with Crippen molar-refractivity contribution in [3.05, 3.63) is 12.3 Å². The van der Waals surface area contributed by atoms with Crippen molar-refractivity contribution in [2.24, 2.45) is 0 Å². The normalized spacial score (nSPS) is 20.9. The largest absolute Gasteiger partial charge is 0.383 e. The van der Waals surface area contributed by atoms with Crippen molar-refractivity contribution in [3.8, 4) is 0 Å². The van der Waals surface area contributed by atoms with Crippen LogP contribution in [-0.4, -0.2) is 62.3 Å². The molecule has 0 atom stereocenters. The van der Waals surface area contributed by atoms with Gasteiger partial charge < -0.3 is 24.4 Å². The first-order chi connectivity index (χ1) is 10.3. The number of aromatic nitrogens is 2. The molecule has 1 aromatic heterocycles. The highest BCUT2D eigenvalue weighted by Gasteiger charge is 2.40. The molecule has 1 N–H and O–H groups in total. The number of hydrogen-bond acceptors (Lipinski definition) is 7. The topological polar surface area (TPSA) is 68.7 Å². The zero-order chi connectivity index (χ0) is 14.5. The number of nitrogens with one attached hydrogen (secondary N) is 1. The van der Waals surface area contributed by atoms with Gasteiger partial charge in [0.1, 0.15) is 5.82 Å². The average molecular weight is 294 g/mol. The van der Waals surface area contributed by atoms with Crippen molar-refractivity contribution < 1.29 is 14.2 Å². The maximum atomic E-state index is 5.74. The molecule has 2 aliphatic rings. The fourth-order valence-electron chi connectivity index (χ4n) is 2.71. The van der Waals surface area contributed by atoms with Crippen LogP contribution in [0.25, 0.3) is 0 Å². The first kappa shape index (κ1) is 14.5. The first-order valence-electron chi connectivity index (χ1n) is 7.40. The van der Waals surface area contributed by atoms with Crippen LogP contribution in [0.5, 0.6) is 0 Å². The van der Waals surface area contributed by atoms with Gasteiger partial charge in [-0.1, -0.05) is 0 Å². The van der Waals surface area contributed by atoms with Gasteiger partial charge in [0.05, 0.1) is 19.8 Å². The van der Waals surface area contributed by atoms with E-state index in [0.29, 0.717) is 19.8 Å². The Kier molecular flexibility index (Phi) is 4.52. The number of ether oxygens (including phenoxy) is 3. The molecule has 1 spiro atoms. The van der Waals surface area contributed by atoms with Crippen LogP contribution in [0.3, 0.4) is 0 Å². The van der Waals surface area contributed by atoms with E-state index in [0.717, 1.165) is 44.2 Å². The summed E-state index contributed by atoms with van der Waals surface area (Å²) in [6.45, 7) is 4.49. The highest BCUT2D eigenvalue weighted by Crippen LogP contribution is 2.32. The third-order valence-electron chi connectivity index (χ3n) is 3.88. The third-order valence-corrected chi connectivity index (χ3v) is 3.88. The molecule has 3 heterocycles. The van der Waals surface area contributed by atoms with Gasteiger partial charge in [-0.3, -0.25) is 0 Å². The minimum atomic E-state index is -0.356. The fraction of sp³-hybridized carbons (Fsp3) is 0.714. The van der Waals surface area contributed by atoms with Crippen molar-refractivity contribution in [1.82, 2.24) is 9.97 Å². The molecule has 1 aromatic rings. The smallest absolute Gasteiger partial charge is 0.227 e. The van der Waals surface area contributed by atoms with Crippen molar-refractivity contribution in [3.63, 3.8) is 0 Å². The summed E-state index contributed by atoms with van der Waals surface area (Å²) in [6.07, 6.45) is 3.50. The second kappa shape index (κ2) is 6.55. The average Bonchev–Trinajstić information content (AvgIpc) is 2.97. The van der Waals surface area contributed by atoms with Crippen LogP contribution in [0.2, 0.25) is 0 Å². The molecule has 0 bridgehead atoms. The summed E-state index contributed by atoms with van der Waals surface area (Å²) in [5.41, 5.74) is 0. The van der Waals surface area contributed by atoms with E-state index in [-0.39, 0.29) is 5.79 Å². The number of anilines is 2. The molecule has 0 aliphatic carbocycles. The van der Waals surface area contributed by atoms with E-state index in [1.54, 1.807) is 13.3 Å². The molecule has 2 saturated heterocycles. The quantitative estimate of drug-likeness (QED) is 0.808. The predicted octanol–water partition coefficient (Wildman–Crippen LogP) is 0.878. The lowest BCUT2D eigenvalue weighted by molar-refractivity contribution is -0.169. The summed E-state index contributed by atoms with van der Waals surface area (Å²) in [7, 11) is 1.68. The van der Waals surface area contributed by atoms with Crippen molar-refractivity contribution >= 4 is 11.8 Å². The molecule has 7 nitrogen and oxygen atoms in total. The summed E-state index contributed by atoms with van der Waals surface area (Å²) < 4.78 is 16.5. The zero-order valence-corrected chi connectivity index (χ0v) is 12.4. The molecule has 2 fully saturated rings. The van der Waals surface area contributed by atoms with Crippen LogP contribution in [-0.2, 0) is 14.2 Å². The monoisotopic (exact) mass is 294 g/mol. The Labute approximate surface area is 124 Å². The zero-order valence-electron chi connectivity index (χ0n) is 12.4. The maximum absolute atomic E-state index is 5.74. The molecule has 7 heteroatoms. The molecular weight excluding hydrogens is 272 g/mol. The predicted molar refractivity (Wildman–Crippen MR) is 78.5 cm³/mol. The minimum absolute atomic E-state index is 0.356. The molecule has 21 heavy (non-hydrogen) atoms. The number of rotatable bonds is 5. The molecule has 0 amide bonds. The van der Waals surface area contributed by atoms with Crippen LogP contribution < -0.4 is 10.2 Å². The number of methoxy groups -OCH3 is 1. The Hall–Kier alpha value is -1.44. The Morgan fingerprint density at radius 3 is 2.81 bits per heavy atom. The van der Waals surface area contributed by atoms with Gasteiger partial charge >= 0.3 is 0 Å². The molecule has 0 unspecified atom stereocenters. The second-order valence-electron chi connectivity index (χ2n) is 5.26. The van der Waals surface area contributed by atoms with Crippen molar-refractivity contribution in [2.75, 3.05) is 56.8 Å². The van der Waals surface area contributed by atoms with Crippen molar-refractivity contribution in [2.45, 2.75) is 18.6 Å². The Bertz CT molecular complexity index is 455. The fourth-order valence-corrected chi connectivity index (χ4v) is 2.71. The maximum Gasteiger partial charge on any atom is 0.227 e. The standard InChI is InChI=1S/C14H22N4O3/c1-19-9-6-15-12-2-5-16-13(17-12)18-7-3-14(4-8-18)20-10-11-21-14/h2,5H,3-4,6-11H2,1H3,(H,15,16,17). The van der Waals surface area contributed by atoms with Crippen LogP contribution in [0.4, 0.5) is 11.8 Å². The lowest BCUT2D eigenvalue weighted by Gasteiger charge is -2.37. The number of nitrogens with zero attached hydrogens (tertiary/aromatic N) is 3. The van der Waals surface area contributed by atoms with Crippen LogP contribution >= 0.6 is 0 Å². The van der Waals surface area contributed by atoms with Crippen LogP contribution in [0.15, 0.2) is 12.3 Å². The SMILES string of the molecule is COCCNc1ccnc(N2CCC3(CC2)OCCO3)n1. The summed E-state index contributed by atoms with van der Waals surface area (Å²) in [5.74, 6) is 1.22. The van der Waals surface area contributed by atoms with E-state index < -0.39 is 0 Å². The summed E-state index contributed by atoms with van der Waals surface area (Å²) in [4.78, 5) is 11.1. The van der Waals surface area contributed by atoms with Gasteiger partial charge in [0.2, 0.25) is 5.95 Å². The Balaban J connectivity index is 1.58. The van der Waals surface area contributed by atoms with Gasteiger partial charge in [0, 0.05) is 45.8 Å². The lowest BCUT2D eigenvalue weighted by atomic mass is 10.0. The highest BCUT2D eigenvalue weighted by atomic mass is 16.7. The molecule has 116 valence electrons. The molecular formula is C14H22N4O3. The molecule has 0 radical (unpaired) electrons. The van der Waals surface area contributed by atoms with Crippen molar-refractivity contribution in [1.29, 1.82) is 0 Å². The first-order valence-corrected chi connectivity index (χ1v) is 7.40. The minimum Gasteiger partial charge on any atom is -0.383 e. The van der Waals surface area contributed by atoms with E-state index >= 15 is 0 Å². The van der Waals surface area contributed by atoms with E-state index in [4.69, 9.17) is 14.2 Å².